The summed E-state index contributed by atoms with van der Waals surface area (Å²) in [5.41, 5.74) is 8.63. The number of carbonyl (C=O) groups is 1. The molecule has 0 unspecified atom stereocenters. The Hall–Kier alpha value is -3.59. The van der Waals surface area contributed by atoms with E-state index in [9.17, 15) is 4.79 Å². The van der Waals surface area contributed by atoms with Gasteiger partial charge < -0.3 is 15.8 Å². The van der Waals surface area contributed by atoms with E-state index < -0.39 is 0 Å². The van der Waals surface area contributed by atoms with E-state index in [2.05, 4.69) is 25.3 Å². The predicted molar refractivity (Wildman–Crippen MR) is 121 cm³/mol. The number of hydrogen-bond acceptors (Lipinski definition) is 7. The van der Waals surface area contributed by atoms with Crippen molar-refractivity contribution in [1.82, 2.24) is 25.3 Å². The lowest BCUT2D eigenvalue weighted by molar-refractivity contribution is 0.239. The van der Waals surface area contributed by atoms with Crippen LogP contribution in [0.4, 0.5) is 10.7 Å². The molecule has 9 nitrogen and oxygen atoms in total. The highest BCUT2D eigenvalue weighted by Crippen LogP contribution is 2.26. The fourth-order valence-electron chi connectivity index (χ4n) is 3.80. The molecular weight excluding hydrogens is 406 g/mol. The Morgan fingerprint density at radius 3 is 2.19 bits per heavy atom. The fraction of sp³-hybridized carbons (Fsp3) is 0.348. The highest BCUT2D eigenvalue weighted by Gasteiger charge is 2.30. The Balaban J connectivity index is 1.53. The molecule has 0 atom stereocenters. The highest BCUT2D eigenvalue weighted by atomic mass is 16.5. The summed E-state index contributed by atoms with van der Waals surface area (Å²) in [6.07, 6.45) is 10.0. The number of benzene rings is 1. The van der Waals surface area contributed by atoms with Gasteiger partial charge in [-0.1, -0.05) is 30.3 Å². The van der Waals surface area contributed by atoms with E-state index in [4.69, 9.17) is 10.5 Å². The van der Waals surface area contributed by atoms with Crippen molar-refractivity contribution < 1.29 is 9.53 Å². The number of hydrogen-bond donors (Lipinski definition) is 2. The van der Waals surface area contributed by atoms with Crippen LogP contribution in [0.5, 0.6) is 6.01 Å². The predicted octanol–water partition coefficient (Wildman–Crippen LogP) is 2.93. The standard InChI is InChI=1S/C23H27N7O2/c1-32-22-27-14-18(15-28-22)17-12-25-21(26-13-17)30(20-9-7-19(24)8-10-20)23(31)29-11-16-5-3-2-4-6-16/h2-6,12-15,19-20H,7-11,24H2,1H3,(H,29,31)/t19-,20-. The number of ether oxygens (including phenoxy) is 1. The zero-order valence-corrected chi connectivity index (χ0v) is 18.0. The van der Waals surface area contributed by atoms with E-state index in [0.717, 1.165) is 42.4 Å². The Labute approximate surface area is 187 Å². The lowest BCUT2D eigenvalue weighted by Gasteiger charge is -2.34. The molecule has 2 amide bonds. The maximum absolute atomic E-state index is 13.2. The van der Waals surface area contributed by atoms with Gasteiger partial charge >= 0.3 is 12.0 Å². The number of anilines is 1. The van der Waals surface area contributed by atoms with Gasteiger partial charge in [-0.25, -0.2) is 24.7 Å². The average molecular weight is 434 g/mol. The number of carbonyl (C=O) groups excluding carboxylic acids is 1. The largest absolute Gasteiger partial charge is 0.467 e. The third kappa shape index (κ3) is 5.17. The quantitative estimate of drug-likeness (QED) is 0.613. The van der Waals surface area contributed by atoms with Crippen molar-refractivity contribution in [1.29, 1.82) is 0 Å². The minimum Gasteiger partial charge on any atom is -0.467 e. The zero-order chi connectivity index (χ0) is 22.3. The minimum absolute atomic E-state index is 0.000688. The minimum atomic E-state index is -0.213. The molecule has 0 bridgehead atoms. The van der Waals surface area contributed by atoms with Crippen molar-refractivity contribution in [2.45, 2.75) is 44.3 Å². The first-order valence-electron chi connectivity index (χ1n) is 10.7. The van der Waals surface area contributed by atoms with Crippen molar-refractivity contribution in [3.63, 3.8) is 0 Å². The molecule has 1 aliphatic carbocycles. The normalized spacial score (nSPS) is 18.1. The van der Waals surface area contributed by atoms with Crippen LogP contribution in [0.3, 0.4) is 0 Å². The highest BCUT2D eigenvalue weighted by molar-refractivity contribution is 5.90. The van der Waals surface area contributed by atoms with Gasteiger partial charge in [0.05, 0.1) is 7.11 Å². The van der Waals surface area contributed by atoms with Crippen LogP contribution >= 0.6 is 0 Å². The van der Waals surface area contributed by atoms with Crippen molar-refractivity contribution in [2.24, 2.45) is 5.73 Å². The molecule has 2 aromatic heterocycles. The fourth-order valence-corrected chi connectivity index (χ4v) is 3.80. The first-order valence-corrected chi connectivity index (χ1v) is 10.7. The van der Waals surface area contributed by atoms with Crippen LogP contribution in [0.2, 0.25) is 0 Å². The molecule has 1 saturated carbocycles. The smallest absolute Gasteiger partial charge is 0.324 e. The molecule has 0 saturated heterocycles. The second-order valence-corrected chi connectivity index (χ2v) is 7.81. The second kappa shape index (κ2) is 10.1. The number of nitrogens with one attached hydrogen (secondary N) is 1. The number of aromatic nitrogens is 4. The van der Waals surface area contributed by atoms with Gasteiger partial charge in [-0.05, 0) is 31.2 Å². The van der Waals surface area contributed by atoms with Crippen LogP contribution in [0, 0.1) is 0 Å². The first kappa shape index (κ1) is 21.6. The summed E-state index contributed by atoms with van der Waals surface area (Å²) in [7, 11) is 1.52. The summed E-state index contributed by atoms with van der Waals surface area (Å²) in [5, 5.41) is 3.01. The molecule has 0 aliphatic heterocycles. The molecule has 3 N–H and O–H groups in total. The number of urea groups is 1. The molecule has 166 valence electrons. The van der Waals surface area contributed by atoms with Crippen LogP contribution in [0.15, 0.2) is 55.1 Å². The van der Waals surface area contributed by atoms with Gasteiger partial charge in [0.15, 0.2) is 0 Å². The zero-order valence-electron chi connectivity index (χ0n) is 18.0. The first-order chi connectivity index (χ1) is 15.6. The summed E-state index contributed by atoms with van der Waals surface area (Å²) in [5.74, 6) is 0.370. The van der Waals surface area contributed by atoms with Crippen LogP contribution in [0.25, 0.3) is 11.1 Å². The van der Waals surface area contributed by atoms with Gasteiger partial charge in [-0.15, -0.1) is 0 Å². The van der Waals surface area contributed by atoms with E-state index in [1.807, 2.05) is 30.3 Å². The summed E-state index contributed by atoms with van der Waals surface area (Å²) in [6.45, 7) is 0.434. The van der Waals surface area contributed by atoms with E-state index in [-0.39, 0.29) is 18.1 Å². The molecule has 1 aliphatic rings. The number of nitrogens with zero attached hydrogens (tertiary/aromatic N) is 5. The van der Waals surface area contributed by atoms with Crippen LogP contribution in [-0.4, -0.2) is 45.2 Å². The molecule has 1 aromatic carbocycles. The monoisotopic (exact) mass is 433 g/mol. The topological polar surface area (TPSA) is 119 Å². The molecule has 3 aromatic rings. The Kier molecular flexibility index (Phi) is 6.86. The lowest BCUT2D eigenvalue weighted by atomic mass is 9.91. The lowest BCUT2D eigenvalue weighted by Crippen LogP contribution is -2.49. The van der Waals surface area contributed by atoms with Crippen molar-refractivity contribution in [3.8, 4) is 17.1 Å². The molecule has 32 heavy (non-hydrogen) atoms. The third-order valence-corrected chi connectivity index (χ3v) is 5.61. The Bertz CT molecular complexity index is 1000. The second-order valence-electron chi connectivity index (χ2n) is 7.81. The number of methoxy groups -OCH3 is 1. The summed E-state index contributed by atoms with van der Waals surface area (Å²) >= 11 is 0. The van der Waals surface area contributed by atoms with Gasteiger partial charge in [0.1, 0.15) is 0 Å². The van der Waals surface area contributed by atoms with Gasteiger partial charge in [-0.2, -0.15) is 0 Å². The maximum atomic E-state index is 13.2. The van der Waals surface area contributed by atoms with Crippen LogP contribution in [0.1, 0.15) is 31.2 Å². The third-order valence-electron chi connectivity index (χ3n) is 5.61. The molecule has 0 radical (unpaired) electrons. The Morgan fingerprint density at radius 2 is 1.59 bits per heavy atom. The summed E-state index contributed by atoms with van der Waals surface area (Å²) in [6, 6.07) is 10.1. The number of rotatable bonds is 6. The van der Waals surface area contributed by atoms with Crippen LogP contribution in [-0.2, 0) is 6.54 Å². The molecule has 9 heteroatoms. The van der Waals surface area contributed by atoms with Gasteiger partial charge in [0.25, 0.3) is 0 Å². The van der Waals surface area contributed by atoms with Crippen molar-refractivity contribution in [3.05, 3.63) is 60.7 Å². The molecule has 4 rings (SSSR count). The summed E-state index contributed by atoms with van der Waals surface area (Å²) < 4.78 is 5.00. The molecular formula is C23H27N7O2. The van der Waals surface area contributed by atoms with E-state index >= 15 is 0 Å². The Morgan fingerprint density at radius 1 is 1.00 bits per heavy atom. The number of amides is 2. The van der Waals surface area contributed by atoms with E-state index in [1.165, 1.54) is 7.11 Å². The molecule has 1 fully saturated rings. The van der Waals surface area contributed by atoms with Crippen molar-refractivity contribution >= 4 is 12.0 Å². The van der Waals surface area contributed by atoms with E-state index in [1.54, 1.807) is 29.7 Å². The average Bonchev–Trinajstić information content (AvgIpc) is 2.85. The summed E-state index contributed by atoms with van der Waals surface area (Å²) in [4.78, 5) is 32.1. The van der Waals surface area contributed by atoms with E-state index in [0.29, 0.717) is 18.5 Å². The maximum Gasteiger partial charge on any atom is 0.324 e. The van der Waals surface area contributed by atoms with Crippen molar-refractivity contribution in [2.75, 3.05) is 12.0 Å². The van der Waals surface area contributed by atoms with Crippen LogP contribution < -0.4 is 20.7 Å². The van der Waals surface area contributed by atoms with Gasteiger partial charge in [0, 0.05) is 54.5 Å². The van der Waals surface area contributed by atoms with Gasteiger partial charge in [-0.3, -0.25) is 4.90 Å². The molecule has 0 spiro atoms. The number of nitrogens with two attached hydrogens (primary N) is 1. The molecule has 2 heterocycles. The van der Waals surface area contributed by atoms with Gasteiger partial charge in [0.2, 0.25) is 5.95 Å². The SMILES string of the molecule is COc1ncc(-c2cnc(N(C(=O)NCc3ccccc3)[C@H]3CC[C@H](N)CC3)nc2)cn1.